The van der Waals surface area contributed by atoms with Crippen molar-refractivity contribution >= 4 is 17.7 Å². The summed E-state index contributed by atoms with van der Waals surface area (Å²) in [5.74, 6) is -0.845. The Morgan fingerprint density at radius 3 is 2.43 bits per heavy atom. The van der Waals surface area contributed by atoms with Gasteiger partial charge < -0.3 is 20.2 Å². The maximum atomic E-state index is 11.8. The number of likely N-dealkylation sites (N-methyl/N-ethyl adjacent to an activating group) is 2. The van der Waals surface area contributed by atoms with Gasteiger partial charge in [-0.05, 0) is 18.6 Å². The first kappa shape index (κ1) is 16.8. The number of para-hydroxylation sites is 1. The van der Waals surface area contributed by atoms with Crippen molar-refractivity contribution in [2.45, 2.75) is 12.8 Å². The van der Waals surface area contributed by atoms with Crippen molar-refractivity contribution in [2.75, 3.05) is 38.6 Å². The van der Waals surface area contributed by atoms with Gasteiger partial charge >= 0.3 is 12.0 Å². The van der Waals surface area contributed by atoms with Gasteiger partial charge in [-0.2, -0.15) is 0 Å². The number of urea groups is 1. The van der Waals surface area contributed by atoms with Crippen LogP contribution in [0.2, 0.25) is 0 Å². The van der Waals surface area contributed by atoms with Crippen LogP contribution in [0.15, 0.2) is 30.3 Å². The molecule has 0 aliphatic carbocycles. The molecule has 1 rings (SSSR count). The zero-order valence-corrected chi connectivity index (χ0v) is 12.6. The average Bonchev–Trinajstić information content (AvgIpc) is 2.49. The monoisotopic (exact) mass is 293 g/mol. The third-order valence-corrected chi connectivity index (χ3v) is 3.16. The van der Waals surface area contributed by atoms with Crippen molar-refractivity contribution in [3.63, 3.8) is 0 Å². The van der Waals surface area contributed by atoms with Crippen LogP contribution in [0.3, 0.4) is 0 Å². The van der Waals surface area contributed by atoms with Crippen molar-refractivity contribution in [2.24, 2.45) is 0 Å². The number of rotatable bonds is 8. The lowest BCUT2D eigenvalue weighted by Gasteiger charge is -2.24. The van der Waals surface area contributed by atoms with Crippen LogP contribution in [0, 0.1) is 0 Å². The van der Waals surface area contributed by atoms with E-state index in [4.69, 9.17) is 5.11 Å². The van der Waals surface area contributed by atoms with Gasteiger partial charge in [-0.1, -0.05) is 18.2 Å². The van der Waals surface area contributed by atoms with Crippen molar-refractivity contribution in [3.05, 3.63) is 30.3 Å². The van der Waals surface area contributed by atoms with Crippen LogP contribution in [0.4, 0.5) is 10.5 Å². The Morgan fingerprint density at radius 2 is 1.81 bits per heavy atom. The molecule has 116 valence electrons. The molecule has 0 atom stereocenters. The molecule has 0 saturated heterocycles. The molecule has 21 heavy (non-hydrogen) atoms. The lowest BCUT2D eigenvalue weighted by molar-refractivity contribution is -0.137. The number of nitrogens with zero attached hydrogens (tertiary/aromatic N) is 2. The van der Waals surface area contributed by atoms with Crippen molar-refractivity contribution in [1.82, 2.24) is 10.2 Å². The number of amides is 2. The largest absolute Gasteiger partial charge is 0.481 e. The molecule has 2 amide bonds. The summed E-state index contributed by atoms with van der Waals surface area (Å²) in [7, 11) is 3.71. The number of nitrogens with one attached hydrogen (secondary N) is 1. The number of carboxylic acids is 1. The molecule has 1 aromatic carbocycles. The van der Waals surface area contributed by atoms with E-state index in [2.05, 4.69) is 10.2 Å². The quantitative estimate of drug-likeness (QED) is 0.715. The van der Waals surface area contributed by atoms with Crippen LogP contribution in [-0.2, 0) is 4.79 Å². The van der Waals surface area contributed by atoms with Crippen LogP contribution in [0.25, 0.3) is 0 Å². The Balaban J connectivity index is 2.24. The second kappa shape index (κ2) is 8.84. The van der Waals surface area contributed by atoms with Crippen LogP contribution < -0.4 is 10.2 Å². The van der Waals surface area contributed by atoms with Gasteiger partial charge in [-0.25, -0.2) is 4.79 Å². The summed E-state index contributed by atoms with van der Waals surface area (Å²) in [5, 5.41) is 11.2. The van der Waals surface area contributed by atoms with Gasteiger partial charge in [0.1, 0.15) is 0 Å². The normalized spacial score (nSPS) is 10.0. The highest BCUT2D eigenvalue weighted by Gasteiger charge is 2.09. The van der Waals surface area contributed by atoms with E-state index < -0.39 is 5.97 Å². The number of hydrogen-bond donors (Lipinski definition) is 2. The van der Waals surface area contributed by atoms with E-state index in [9.17, 15) is 9.59 Å². The van der Waals surface area contributed by atoms with Crippen molar-refractivity contribution in [3.8, 4) is 0 Å². The van der Waals surface area contributed by atoms with Crippen LogP contribution in [-0.4, -0.2) is 55.7 Å². The van der Waals surface area contributed by atoms with Crippen molar-refractivity contribution < 1.29 is 14.7 Å². The van der Waals surface area contributed by atoms with Gasteiger partial charge in [0.05, 0.1) is 0 Å². The summed E-state index contributed by atoms with van der Waals surface area (Å²) in [4.78, 5) is 25.8. The Morgan fingerprint density at radius 1 is 1.14 bits per heavy atom. The molecule has 6 heteroatoms. The second-order valence-corrected chi connectivity index (χ2v) is 4.91. The highest BCUT2D eigenvalue weighted by Crippen LogP contribution is 2.10. The molecule has 0 unspecified atom stereocenters. The first-order valence-electron chi connectivity index (χ1n) is 6.97. The van der Waals surface area contributed by atoms with Crippen LogP contribution >= 0.6 is 0 Å². The van der Waals surface area contributed by atoms with Crippen molar-refractivity contribution in [1.29, 1.82) is 0 Å². The maximum Gasteiger partial charge on any atom is 0.317 e. The topological polar surface area (TPSA) is 72.9 Å². The molecule has 0 radical (unpaired) electrons. The predicted octanol–water partition coefficient (Wildman–Crippen LogP) is 1.63. The van der Waals surface area contributed by atoms with E-state index in [0.29, 0.717) is 19.5 Å². The van der Waals surface area contributed by atoms with E-state index >= 15 is 0 Å². The van der Waals surface area contributed by atoms with E-state index in [1.54, 1.807) is 11.9 Å². The lowest BCUT2D eigenvalue weighted by Crippen LogP contribution is -2.41. The average molecular weight is 293 g/mol. The highest BCUT2D eigenvalue weighted by molar-refractivity contribution is 5.74. The van der Waals surface area contributed by atoms with E-state index in [1.165, 1.54) is 0 Å². The molecular weight excluding hydrogens is 270 g/mol. The molecule has 0 aliphatic heterocycles. The minimum absolute atomic E-state index is 0.0702. The summed E-state index contributed by atoms with van der Waals surface area (Å²) >= 11 is 0. The number of anilines is 1. The second-order valence-electron chi connectivity index (χ2n) is 4.91. The van der Waals surface area contributed by atoms with Gasteiger partial charge in [-0.3, -0.25) is 4.79 Å². The molecule has 0 aliphatic rings. The zero-order chi connectivity index (χ0) is 15.7. The van der Waals surface area contributed by atoms with E-state index in [0.717, 1.165) is 12.2 Å². The van der Waals surface area contributed by atoms with E-state index in [-0.39, 0.29) is 12.5 Å². The number of carbonyl (C=O) groups is 2. The van der Waals surface area contributed by atoms with Crippen LogP contribution in [0.1, 0.15) is 12.8 Å². The number of carbonyl (C=O) groups excluding carboxylic acids is 1. The first-order valence-corrected chi connectivity index (χ1v) is 6.97. The Kier molecular flexibility index (Phi) is 7.08. The molecule has 1 aromatic rings. The predicted molar refractivity (Wildman–Crippen MR) is 82.6 cm³/mol. The Hall–Kier alpha value is -2.24. The standard InChI is InChI=1S/C15H23N3O3/c1-17(13-7-4-3-5-8-13)11-12-18(2)15(21)16-10-6-9-14(19)20/h3-5,7-8H,6,9-12H2,1-2H3,(H,16,21)(H,19,20). The number of carboxylic acid groups (broad SMARTS) is 1. The minimum atomic E-state index is -0.845. The third kappa shape index (κ3) is 6.65. The van der Waals surface area contributed by atoms with Gasteiger partial charge in [0.15, 0.2) is 0 Å². The first-order chi connectivity index (χ1) is 10.0. The number of aliphatic carboxylic acids is 1. The summed E-state index contributed by atoms with van der Waals surface area (Å²) in [5.41, 5.74) is 1.10. The summed E-state index contributed by atoms with van der Waals surface area (Å²) in [6, 6.07) is 9.78. The SMILES string of the molecule is CN(CCN(C)c1ccccc1)C(=O)NCCCC(=O)O. The highest BCUT2D eigenvalue weighted by atomic mass is 16.4. The smallest absolute Gasteiger partial charge is 0.317 e. The molecule has 2 N–H and O–H groups in total. The Bertz CT molecular complexity index is 451. The summed E-state index contributed by atoms with van der Waals surface area (Å²) in [6.07, 6.45) is 0.513. The van der Waals surface area contributed by atoms with Crippen LogP contribution in [0.5, 0.6) is 0 Å². The zero-order valence-electron chi connectivity index (χ0n) is 12.6. The van der Waals surface area contributed by atoms with Gasteiger partial charge in [0, 0.05) is 45.8 Å². The van der Waals surface area contributed by atoms with Gasteiger partial charge in [0.2, 0.25) is 0 Å². The number of hydrogen-bond acceptors (Lipinski definition) is 3. The van der Waals surface area contributed by atoms with E-state index in [1.807, 2.05) is 37.4 Å². The molecular formula is C15H23N3O3. The minimum Gasteiger partial charge on any atom is -0.481 e. The Labute approximate surface area is 125 Å². The number of benzene rings is 1. The lowest BCUT2D eigenvalue weighted by atomic mass is 10.3. The third-order valence-electron chi connectivity index (χ3n) is 3.16. The molecule has 0 fully saturated rings. The maximum absolute atomic E-state index is 11.8. The summed E-state index contributed by atoms with van der Waals surface area (Å²) in [6.45, 7) is 1.70. The fourth-order valence-corrected chi connectivity index (χ4v) is 1.78. The summed E-state index contributed by atoms with van der Waals surface area (Å²) < 4.78 is 0. The fraction of sp³-hybridized carbons (Fsp3) is 0.467. The molecule has 0 spiro atoms. The fourth-order valence-electron chi connectivity index (χ4n) is 1.78. The molecule has 0 aromatic heterocycles. The molecule has 0 saturated carbocycles. The van der Waals surface area contributed by atoms with Gasteiger partial charge in [0.25, 0.3) is 0 Å². The molecule has 0 heterocycles. The molecule has 6 nitrogen and oxygen atoms in total. The van der Waals surface area contributed by atoms with Gasteiger partial charge in [-0.15, -0.1) is 0 Å². The molecule has 0 bridgehead atoms.